The molecule has 7 heteroatoms. The summed E-state index contributed by atoms with van der Waals surface area (Å²) < 4.78 is 11.2. The van der Waals surface area contributed by atoms with Gasteiger partial charge in [0.15, 0.2) is 0 Å². The topological polar surface area (TPSA) is 90.5 Å². The van der Waals surface area contributed by atoms with E-state index in [0.717, 1.165) is 5.76 Å². The van der Waals surface area contributed by atoms with Gasteiger partial charge in [-0.05, 0) is 62.6 Å². The number of amides is 2. The summed E-state index contributed by atoms with van der Waals surface area (Å²) in [6, 6.07) is 19.4. The Hall–Kier alpha value is -3.76. The summed E-state index contributed by atoms with van der Waals surface area (Å²) >= 11 is 0. The number of rotatable bonds is 7. The van der Waals surface area contributed by atoms with Crippen LogP contribution in [0.25, 0.3) is 0 Å². The lowest BCUT2D eigenvalue weighted by Gasteiger charge is -2.22. The van der Waals surface area contributed by atoms with Gasteiger partial charge in [0.2, 0.25) is 0 Å². The molecule has 0 saturated heterocycles. The summed E-state index contributed by atoms with van der Waals surface area (Å²) in [5.41, 5.74) is 1.09. The smallest absolute Gasteiger partial charge is 0.319 e. The molecule has 0 aliphatic carbocycles. The third kappa shape index (κ3) is 5.37. The third-order valence-corrected chi connectivity index (χ3v) is 4.30. The molecule has 0 aliphatic heterocycles. The maximum Gasteiger partial charge on any atom is 0.319 e. The summed E-state index contributed by atoms with van der Waals surface area (Å²) in [5.74, 6) is 1.85. The fraction of sp³-hybridized carbons (Fsp3) is 0.182. The Kier molecular flexibility index (Phi) is 6.51. The van der Waals surface area contributed by atoms with Crippen LogP contribution in [0.3, 0.4) is 0 Å². The first-order valence-electron chi connectivity index (χ1n) is 9.08. The van der Waals surface area contributed by atoms with Gasteiger partial charge in [-0.2, -0.15) is 5.26 Å². The third-order valence-electron chi connectivity index (χ3n) is 4.30. The number of ether oxygens (including phenoxy) is 1. The molecule has 0 spiro atoms. The molecular weight excluding hydrogens is 368 g/mol. The lowest BCUT2D eigenvalue weighted by atomic mass is 10.2. The van der Waals surface area contributed by atoms with Crippen molar-refractivity contribution >= 4 is 11.7 Å². The molecule has 7 nitrogen and oxygen atoms in total. The van der Waals surface area contributed by atoms with Crippen molar-refractivity contribution in [1.29, 1.82) is 5.26 Å². The number of likely N-dealkylation sites (N-methyl/N-ethyl adjacent to an activating group) is 1. The minimum absolute atomic E-state index is 0.0632. The van der Waals surface area contributed by atoms with E-state index in [0.29, 0.717) is 29.3 Å². The number of urea groups is 1. The summed E-state index contributed by atoms with van der Waals surface area (Å²) in [7, 11) is 3.85. The number of anilines is 1. The Balaban J connectivity index is 1.55. The lowest BCUT2D eigenvalue weighted by Crippen LogP contribution is -2.36. The molecule has 0 radical (unpaired) electrons. The summed E-state index contributed by atoms with van der Waals surface area (Å²) in [6.07, 6.45) is 1.62. The highest BCUT2D eigenvalue weighted by molar-refractivity contribution is 5.89. The molecule has 2 amide bonds. The fourth-order valence-corrected chi connectivity index (χ4v) is 2.76. The second-order valence-electron chi connectivity index (χ2n) is 6.56. The molecule has 1 unspecified atom stereocenters. The van der Waals surface area contributed by atoms with Crippen molar-refractivity contribution in [2.24, 2.45) is 0 Å². The van der Waals surface area contributed by atoms with Gasteiger partial charge in [0.25, 0.3) is 0 Å². The predicted molar refractivity (Wildman–Crippen MR) is 110 cm³/mol. The molecule has 29 heavy (non-hydrogen) atoms. The average molecular weight is 390 g/mol. The SMILES string of the molecule is CN(C)C(CNC(=O)Nc1ccc(Oc2ccccc2C#N)cc1)c1ccco1. The van der Waals surface area contributed by atoms with Gasteiger partial charge in [0.1, 0.15) is 23.3 Å². The number of carbonyl (C=O) groups excluding carboxylic acids is 1. The molecule has 1 heterocycles. The highest BCUT2D eigenvalue weighted by Gasteiger charge is 2.17. The number of hydrogen-bond acceptors (Lipinski definition) is 5. The highest BCUT2D eigenvalue weighted by atomic mass is 16.5. The molecule has 1 atom stereocenters. The van der Waals surface area contributed by atoms with E-state index in [-0.39, 0.29) is 12.1 Å². The quantitative estimate of drug-likeness (QED) is 0.625. The molecule has 2 aromatic carbocycles. The zero-order valence-corrected chi connectivity index (χ0v) is 16.3. The van der Waals surface area contributed by atoms with Gasteiger partial charge in [-0.25, -0.2) is 4.79 Å². The van der Waals surface area contributed by atoms with Gasteiger partial charge in [0.05, 0.1) is 17.9 Å². The number of nitriles is 1. The van der Waals surface area contributed by atoms with Crippen molar-refractivity contribution < 1.29 is 13.9 Å². The van der Waals surface area contributed by atoms with Gasteiger partial charge >= 0.3 is 6.03 Å². The van der Waals surface area contributed by atoms with Gasteiger partial charge in [0, 0.05) is 12.2 Å². The van der Waals surface area contributed by atoms with Crippen LogP contribution in [-0.2, 0) is 0 Å². The monoisotopic (exact) mass is 390 g/mol. The Morgan fingerprint density at radius 2 is 1.90 bits per heavy atom. The first-order valence-corrected chi connectivity index (χ1v) is 9.08. The molecule has 0 fully saturated rings. The fourth-order valence-electron chi connectivity index (χ4n) is 2.76. The standard InChI is InChI=1S/C22H22N4O3/c1-26(2)19(21-8-5-13-28-21)15-24-22(27)25-17-9-11-18(12-10-17)29-20-7-4-3-6-16(20)14-23/h3-13,19H,15H2,1-2H3,(H2,24,25,27). The number of nitrogens with zero attached hydrogens (tertiary/aromatic N) is 2. The van der Waals surface area contributed by atoms with Gasteiger partial charge < -0.3 is 19.8 Å². The van der Waals surface area contributed by atoms with Crippen LogP contribution in [0.1, 0.15) is 17.4 Å². The van der Waals surface area contributed by atoms with Crippen LogP contribution in [-0.4, -0.2) is 31.6 Å². The van der Waals surface area contributed by atoms with E-state index >= 15 is 0 Å². The largest absolute Gasteiger partial charge is 0.468 e. The van der Waals surface area contributed by atoms with E-state index in [9.17, 15) is 4.79 Å². The van der Waals surface area contributed by atoms with Crippen LogP contribution in [0.4, 0.5) is 10.5 Å². The lowest BCUT2D eigenvalue weighted by molar-refractivity contribution is 0.233. The molecule has 0 bridgehead atoms. The maximum atomic E-state index is 12.2. The van der Waals surface area contributed by atoms with Crippen LogP contribution < -0.4 is 15.4 Å². The van der Waals surface area contributed by atoms with Gasteiger partial charge in [-0.15, -0.1) is 0 Å². The number of nitrogens with one attached hydrogen (secondary N) is 2. The number of hydrogen-bond donors (Lipinski definition) is 2. The number of furan rings is 1. The van der Waals surface area contributed by atoms with Gasteiger partial charge in [-0.1, -0.05) is 12.1 Å². The molecule has 3 aromatic rings. The molecule has 0 aliphatic rings. The van der Waals surface area contributed by atoms with Crippen LogP contribution in [0.15, 0.2) is 71.3 Å². The van der Waals surface area contributed by atoms with Crippen molar-refractivity contribution in [3.05, 3.63) is 78.3 Å². The minimum atomic E-state index is -0.313. The molecule has 2 N–H and O–H groups in total. The van der Waals surface area contributed by atoms with Gasteiger partial charge in [-0.3, -0.25) is 4.90 Å². The number of para-hydroxylation sites is 1. The number of benzene rings is 2. The van der Waals surface area contributed by atoms with Crippen molar-refractivity contribution in [2.75, 3.05) is 26.0 Å². The molecular formula is C22H22N4O3. The number of carbonyl (C=O) groups is 1. The van der Waals surface area contributed by atoms with Crippen molar-refractivity contribution in [1.82, 2.24) is 10.2 Å². The normalized spacial score (nSPS) is 11.5. The molecule has 0 saturated carbocycles. The van der Waals surface area contributed by atoms with E-state index < -0.39 is 0 Å². The predicted octanol–water partition coefficient (Wildman–Crippen LogP) is 4.37. The summed E-state index contributed by atoms with van der Waals surface area (Å²) in [4.78, 5) is 14.2. The van der Waals surface area contributed by atoms with Crippen LogP contribution >= 0.6 is 0 Å². The zero-order valence-electron chi connectivity index (χ0n) is 16.3. The Labute approximate surface area is 169 Å². The highest BCUT2D eigenvalue weighted by Crippen LogP contribution is 2.26. The second kappa shape index (κ2) is 9.44. The Morgan fingerprint density at radius 1 is 1.14 bits per heavy atom. The van der Waals surface area contributed by atoms with E-state index in [4.69, 9.17) is 14.4 Å². The molecule has 3 rings (SSSR count). The van der Waals surface area contributed by atoms with Crippen molar-refractivity contribution in [3.63, 3.8) is 0 Å². The van der Waals surface area contributed by atoms with E-state index in [1.165, 1.54) is 0 Å². The maximum absolute atomic E-state index is 12.2. The second-order valence-corrected chi connectivity index (χ2v) is 6.56. The summed E-state index contributed by atoms with van der Waals surface area (Å²) in [5, 5.41) is 14.8. The minimum Gasteiger partial charge on any atom is -0.468 e. The van der Waals surface area contributed by atoms with Crippen LogP contribution in [0, 0.1) is 11.3 Å². The first kappa shape index (κ1) is 20.0. The van der Waals surface area contributed by atoms with Crippen LogP contribution in [0.2, 0.25) is 0 Å². The Bertz CT molecular complexity index is 976. The van der Waals surface area contributed by atoms with Crippen molar-refractivity contribution in [2.45, 2.75) is 6.04 Å². The Morgan fingerprint density at radius 3 is 2.55 bits per heavy atom. The van der Waals surface area contributed by atoms with E-state index in [1.807, 2.05) is 31.1 Å². The van der Waals surface area contributed by atoms with E-state index in [1.54, 1.807) is 54.8 Å². The molecule has 1 aromatic heterocycles. The van der Waals surface area contributed by atoms with Crippen molar-refractivity contribution in [3.8, 4) is 17.6 Å². The summed E-state index contributed by atoms with van der Waals surface area (Å²) in [6.45, 7) is 0.401. The van der Waals surface area contributed by atoms with Crippen LogP contribution in [0.5, 0.6) is 11.5 Å². The first-order chi connectivity index (χ1) is 14.1. The molecule has 148 valence electrons. The van der Waals surface area contributed by atoms with E-state index in [2.05, 4.69) is 16.7 Å². The zero-order chi connectivity index (χ0) is 20.6. The average Bonchev–Trinajstić information content (AvgIpc) is 3.24.